The molecule has 16 nitrogen and oxygen atoms in total. The lowest BCUT2D eigenvalue weighted by Crippen LogP contribution is -2.55. The van der Waals surface area contributed by atoms with E-state index in [0.717, 1.165) is 48.0 Å². The SMILES string of the molecule is CC1C=CC(C#N)=CC1B1OC(C)(C)C(C)(C)O1.CN1C(=O)C2(CC3(CCCOC3)Oc3ccc(-c4cc(C#N)ccc4C(F)(F)F)cc32)N=C1N.CN1C(=O)C2(CC3(CCCOC3)Oc3ccc(Br)cc32)N=C1N. The summed E-state index contributed by atoms with van der Waals surface area (Å²) in [6, 6.07) is 17.5. The van der Waals surface area contributed by atoms with E-state index in [2.05, 4.69) is 38.9 Å². The monoisotopic (exact) mass is 1090 g/mol. The zero-order valence-corrected chi connectivity index (χ0v) is 44.4. The first-order chi connectivity index (χ1) is 35.3. The van der Waals surface area contributed by atoms with Crippen LogP contribution in [0.25, 0.3) is 11.1 Å². The normalized spacial score (nSPS) is 29.9. The topological polar surface area (TPSA) is 220 Å². The summed E-state index contributed by atoms with van der Waals surface area (Å²) in [6.07, 6.45) is 4.99. The Hall–Kier alpha value is -6.23. The lowest BCUT2D eigenvalue weighted by molar-refractivity contribution is -0.139. The maximum atomic E-state index is 13.8. The van der Waals surface area contributed by atoms with Crippen LogP contribution in [0.2, 0.25) is 5.82 Å². The number of carbonyl (C=O) groups excluding carboxylic acids is 2. The number of amides is 2. The molecule has 6 unspecified atom stereocenters. The van der Waals surface area contributed by atoms with E-state index in [4.69, 9.17) is 45.0 Å². The van der Waals surface area contributed by atoms with Crippen LogP contribution < -0.4 is 20.9 Å². The van der Waals surface area contributed by atoms with E-state index in [1.807, 2.05) is 70.2 Å². The Labute approximate surface area is 442 Å². The van der Waals surface area contributed by atoms with E-state index in [-0.39, 0.29) is 77.6 Å². The van der Waals surface area contributed by atoms with Gasteiger partial charge < -0.3 is 39.7 Å². The molecule has 0 bridgehead atoms. The van der Waals surface area contributed by atoms with Gasteiger partial charge in [-0.25, -0.2) is 9.98 Å². The standard InChI is InChI=1S/C24H21F3N4O3.C16H18BrN3O3.C14H20BNO2/c1-31-20(32)23(30-21(31)29)12-22(7-2-8-33-13-22)34-19-6-4-15(10-18(19)23)16-9-14(11-28)3-5-17(16)24(25,26)27;1-20-13(21)16(19-14(20)18)8-15(5-2-6-22-9-15)23-12-4-3-10(17)7-11(12)16;1-10-6-7-11(9-16)8-12(10)15-17-13(2,3)14(4,5)18-15/h3-6,9-10H,2,7-8,12-13H2,1H3,(H2,29,30);3-4,7H,2,5-6,8-9H2,1H3,(H2,18,19);6-8,10,12H,1-5H3. The van der Waals surface area contributed by atoms with Crippen molar-refractivity contribution >= 4 is 46.8 Å². The van der Waals surface area contributed by atoms with Gasteiger partial charge in [0.1, 0.15) is 22.7 Å². The lowest BCUT2D eigenvalue weighted by atomic mass is 9.63. The number of halogens is 4. The van der Waals surface area contributed by atoms with Crippen LogP contribution in [0.4, 0.5) is 13.2 Å². The third-order valence-electron chi connectivity index (χ3n) is 15.8. The van der Waals surface area contributed by atoms with Crippen LogP contribution in [0.15, 0.2) is 92.9 Å². The minimum absolute atomic E-state index is 0.0255. The Morgan fingerprint density at radius 2 is 1.31 bits per heavy atom. The van der Waals surface area contributed by atoms with Gasteiger partial charge in [-0.3, -0.25) is 19.4 Å². The quantitative estimate of drug-likeness (QED) is 0.231. The van der Waals surface area contributed by atoms with Gasteiger partial charge in [0.2, 0.25) is 0 Å². The molecule has 7 heterocycles. The smallest absolute Gasteiger partial charge is 0.465 e. The zero-order valence-electron chi connectivity index (χ0n) is 42.8. The number of aliphatic imine (C=N–C) groups is 2. The highest BCUT2D eigenvalue weighted by Gasteiger charge is 2.60. The van der Waals surface area contributed by atoms with Gasteiger partial charge in [-0.2, -0.15) is 23.7 Å². The van der Waals surface area contributed by atoms with E-state index in [0.29, 0.717) is 54.6 Å². The highest BCUT2D eigenvalue weighted by Crippen LogP contribution is 2.54. The first kappa shape index (κ1) is 53.6. The molecule has 3 fully saturated rings. The Bertz CT molecular complexity index is 3010. The van der Waals surface area contributed by atoms with Gasteiger partial charge in [-0.1, -0.05) is 41.1 Å². The Kier molecular flexibility index (Phi) is 13.9. The number of hydrogen-bond donors (Lipinski definition) is 2. The number of likely N-dealkylation sites (N-methyl/N-ethyl adjacent to an activating group) is 2. The van der Waals surface area contributed by atoms with Gasteiger partial charge in [0.15, 0.2) is 23.0 Å². The number of alkyl halides is 3. The third kappa shape index (κ3) is 9.60. The molecule has 0 radical (unpaired) electrons. The fraction of sp³-hybridized carbons (Fsp3) is 0.481. The number of ether oxygens (including phenoxy) is 4. The average Bonchev–Trinajstić information content (AvgIpc) is 3.83. The molecular formula is C54H59BBrF3N8O8. The highest BCUT2D eigenvalue weighted by atomic mass is 79.9. The number of carbonyl (C=O) groups is 2. The summed E-state index contributed by atoms with van der Waals surface area (Å²) < 4.78 is 78.3. The molecule has 0 saturated carbocycles. The van der Waals surface area contributed by atoms with Crippen LogP contribution >= 0.6 is 15.9 Å². The highest BCUT2D eigenvalue weighted by molar-refractivity contribution is 9.10. The first-order valence-corrected chi connectivity index (χ1v) is 25.6. The van der Waals surface area contributed by atoms with Crippen molar-refractivity contribution < 1.29 is 51.0 Å². The summed E-state index contributed by atoms with van der Waals surface area (Å²) in [5, 5.41) is 18.2. The molecule has 7 aliphatic heterocycles. The zero-order chi connectivity index (χ0) is 54.1. The number of nitrogens with zero attached hydrogens (tertiary/aromatic N) is 6. The molecule has 6 atom stereocenters. The lowest BCUT2D eigenvalue weighted by Gasteiger charge is -2.46. The summed E-state index contributed by atoms with van der Waals surface area (Å²) in [7, 11) is 2.89. The summed E-state index contributed by atoms with van der Waals surface area (Å²) in [5.74, 6) is 1.24. The van der Waals surface area contributed by atoms with Crippen molar-refractivity contribution in [1.29, 1.82) is 10.5 Å². The molecule has 75 heavy (non-hydrogen) atoms. The maximum Gasteiger partial charge on any atom is 0.465 e. The predicted molar refractivity (Wildman–Crippen MR) is 276 cm³/mol. The summed E-state index contributed by atoms with van der Waals surface area (Å²) >= 11 is 3.47. The summed E-state index contributed by atoms with van der Waals surface area (Å²) in [6.45, 7) is 12.4. The Morgan fingerprint density at radius 3 is 1.77 bits per heavy atom. The molecule has 11 rings (SSSR count). The van der Waals surface area contributed by atoms with E-state index >= 15 is 0 Å². The van der Waals surface area contributed by atoms with Gasteiger partial charge >= 0.3 is 13.3 Å². The fourth-order valence-electron chi connectivity index (χ4n) is 11.1. The largest absolute Gasteiger partial charge is 0.484 e. The minimum Gasteiger partial charge on any atom is -0.484 e. The predicted octanol–water partition coefficient (Wildman–Crippen LogP) is 8.43. The van der Waals surface area contributed by atoms with Gasteiger partial charge in [-0.15, -0.1) is 0 Å². The first-order valence-electron chi connectivity index (χ1n) is 24.8. The number of nitriles is 2. The molecule has 2 amide bonds. The van der Waals surface area contributed by atoms with Crippen molar-refractivity contribution in [3.63, 3.8) is 0 Å². The van der Waals surface area contributed by atoms with Gasteiger partial charge in [0.25, 0.3) is 11.8 Å². The molecule has 4 spiro atoms. The molecular weight excluding hydrogens is 1040 g/mol. The van der Waals surface area contributed by atoms with Crippen molar-refractivity contribution in [2.24, 2.45) is 27.4 Å². The van der Waals surface area contributed by atoms with E-state index in [1.165, 1.54) is 35.0 Å². The molecule has 3 saturated heterocycles. The maximum absolute atomic E-state index is 13.8. The van der Waals surface area contributed by atoms with E-state index in [9.17, 15) is 28.0 Å². The van der Waals surface area contributed by atoms with Gasteiger partial charge in [0, 0.05) is 67.1 Å². The molecule has 394 valence electrons. The van der Waals surface area contributed by atoms with Gasteiger partial charge in [-0.05, 0) is 125 Å². The minimum atomic E-state index is -4.64. The van der Waals surface area contributed by atoms with Crippen molar-refractivity contribution in [2.75, 3.05) is 40.5 Å². The Balaban J connectivity index is 0.000000146. The van der Waals surface area contributed by atoms with E-state index < -0.39 is 34.0 Å². The van der Waals surface area contributed by atoms with Crippen LogP contribution in [-0.4, -0.2) is 104 Å². The van der Waals surface area contributed by atoms with Crippen LogP contribution in [0.1, 0.15) is 95.4 Å². The van der Waals surface area contributed by atoms with Crippen LogP contribution in [0.5, 0.6) is 11.5 Å². The number of allylic oxidation sites excluding steroid dienone is 4. The van der Waals surface area contributed by atoms with Crippen molar-refractivity contribution in [3.8, 4) is 34.8 Å². The summed E-state index contributed by atoms with van der Waals surface area (Å²) in [5.41, 5.74) is 8.59. The number of fused-ring (bicyclic) bond motifs is 4. The van der Waals surface area contributed by atoms with Crippen LogP contribution in [0, 0.1) is 28.6 Å². The molecule has 3 aromatic rings. The molecule has 1 aliphatic carbocycles. The van der Waals surface area contributed by atoms with E-state index in [1.54, 1.807) is 13.1 Å². The second kappa shape index (κ2) is 19.4. The molecule has 21 heteroatoms. The number of rotatable bonds is 2. The average molecular weight is 1100 g/mol. The van der Waals surface area contributed by atoms with Crippen molar-refractivity contribution in [2.45, 2.75) is 119 Å². The molecule has 3 aromatic carbocycles. The number of guanidine groups is 2. The molecule has 0 aromatic heterocycles. The van der Waals surface area contributed by atoms with Crippen LogP contribution in [0.3, 0.4) is 0 Å². The number of benzene rings is 3. The molecule has 8 aliphatic rings. The van der Waals surface area contributed by atoms with Crippen molar-refractivity contribution in [1.82, 2.24) is 9.80 Å². The van der Waals surface area contributed by atoms with Crippen LogP contribution in [-0.2, 0) is 45.6 Å². The van der Waals surface area contributed by atoms with Gasteiger partial charge in [0.05, 0.1) is 47.7 Å². The Morgan fingerprint density at radius 1 is 0.773 bits per heavy atom. The summed E-state index contributed by atoms with van der Waals surface area (Å²) in [4.78, 5) is 38.3. The number of nitrogens with two attached hydrogens (primary N) is 2. The second-order valence-electron chi connectivity index (χ2n) is 21.5. The molecule has 4 N–H and O–H groups in total. The van der Waals surface area contributed by atoms with Crippen molar-refractivity contribution in [3.05, 3.63) is 105 Å². The second-order valence-corrected chi connectivity index (χ2v) is 22.4. The third-order valence-corrected chi connectivity index (χ3v) is 16.3. The fourth-order valence-corrected chi connectivity index (χ4v) is 11.5. The number of hydrogen-bond acceptors (Lipinski definition) is 14.